The molecular formula is C28H25F3N2O6S. The summed E-state index contributed by atoms with van der Waals surface area (Å²) in [6, 6.07) is 25.1. The normalized spacial score (nSPS) is 12.3. The second-order valence-electron chi connectivity index (χ2n) is 8.55. The van der Waals surface area contributed by atoms with Crippen LogP contribution in [0.3, 0.4) is 0 Å². The Kier molecular flexibility index (Phi) is 7.94. The zero-order valence-electron chi connectivity index (χ0n) is 21.9. The van der Waals surface area contributed by atoms with E-state index in [4.69, 9.17) is 27.2 Å². The minimum atomic E-state index is -6.09. The van der Waals surface area contributed by atoms with Gasteiger partial charge in [0.25, 0.3) is 0 Å². The maximum Gasteiger partial charge on any atom is 0.485 e. The lowest BCUT2D eigenvalue weighted by atomic mass is 10.1. The molecule has 0 amide bonds. The lowest BCUT2D eigenvalue weighted by molar-refractivity contribution is -0.725. The number of hydrogen-bond acceptors (Lipinski definition) is 6. The van der Waals surface area contributed by atoms with Gasteiger partial charge < -0.3 is 18.8 Å². The number of alkyl halides is 3. The van der Waals surface area contributed by atoms with Gasteiger partial charge in [-0.05, 0) is 42.0 Å². The van der Waals surface area contributed by atoms with Crippen LogP contribution in [0.2, 0.25) is 0 Å². The molecule has 0 fully saturated rings. The smallest absolute Gasteiger partial charge is 0.485 e. The third-order valence-corrected chi connectivity index (χ3v) is 6.77. The van der Waals surface area contributed by atoms with E-state index in [1.807, 2.05) is 18.2 Å². The molecule has 0 spiro atoms. The molecule has 0 saturated heterocycles. The van der Waals surface area contributed by atoms with Crippen LogP contribution in [-0.2, 0) is 17.2 Å². The third kappa shape index (κ3) is 5.40. The Hall–Kier alpha value is -4.29. The van der Waals surface area contributed by atoms with E-state index in [1.165, 1.54) is 10.9 Å². The van der Waals surface area contributed by atoms with Crippen LogP contribution < -0.4 is 24.1 Å². The number of nitrogens with zero attached hydrogens (tertiary/aromatic N) is 2. The van der Waals surface area contributed by atoms with Gasteiger partial charge in [0.2, 0.25) is 11.4 Å². The maximum absolute atomic E-state index is 10.7. The minimum absolute atomic E-state index is 0.588. The van der Waals surface area contributed by atoms with Crippen molar-refractivity contribution in [3.8, 4) is 28.5 Å². The molecule has 12 heteroatoms. The van der Waals surface area contributed by atoms with Gasteiger partial charge in [-0.2, -0.15) is 13.2 Å². The molecule has 0 unspecified atom stereocenters. The van der Waals surface area contributed by atoms with Crippen molar-refractivity contribution in [1.82, 2.24) is 4.52 Å². The minimum Gasteiger partial charge on any atom is -0.741 e. The molecule has 2 aromatic heterocycles. The number of para-hydroxylation sites is 1. The van der Waals surface area contributed by atoms with Crippen molar-refractivity contribution in [2.75, 3.05) is 21.3 Å². The van der Waals surface area contributed by atoms with Gasteiger partial charge in [0.15, 0.2) is 28.7 Å². The number of aromatic nitrogens is 2. The zero-order valence-corrected chi connectivity index (χ0v) is 22.7. The van der Waals surface area contributed by atoms with Crippen molar-refractivity contribution in [2.45, 2.75) is 5.51 Å². The highest BCUT2D eigenvalue weighted by Crippen LogP contribution is 2.38. The quantitative estimate of drug-likeness (QED) is 0.177. The van der Waals surface area contributed by atoms with Crippen LogP contribution in [0.5, 0.6) is 17.2 Å². The predicted molar refractivity (Wildman–Crippen MR) is 142 cm³/mol. The fourth-order valence-electron chi connectivity index (χ4n) is 4.44. The largest absolute Gasteiger partial charge is 0.741 e. The Morgan fingerprint density at radius 3 is 1.93 bits per heavy atom. The first kappa shape index (κ1) is 28.7. The molecular weight excluding hydrogens is 549 g/mol. The lowest BCUT2D eigenvalue weighted by Gasteiger charge is -2.12. The highest BCUT2D eigenvalue weighted by molar-refractivity contribution is 7.86. The molecule has 0 aliphatic carbocycles. The van der Waals surface area contributed by atoms with Gasteiger partial charge in [0.05, 0.1) is 21.3 Å². The Morgan fingerprint density at radius 1 is 0.850 bits per heavy atom. The summed E-state index contributed by atoms with van der Waals surface area (Å²) in [5, 5.41) is 2.33. The van der Waals surface area contributed by atoms with Gasteiger partial charge in [-0.15, -0.1) is 9.20 Å². The van der Waals surface area contributed by atoms with Gasteiger partial charge in [0, 0.05) is 22.2 Å². The van der Waals surface area contributed by atoms with Crippen LogP contribution in [0.1, 0.15) is 5.56 Å². The molecule has 40 heavy (non-hydrogen) atoms. The SMILES string of the molecule is COc1cc(/C=c2/c3ccccc3n3c2cc(-c2ccccc2)[n+]3C)cc(OC)c1OC.O=S(=O)([O-])C(F)(F)F. The van der Waals surface area contributed by atoms with E-state index in [0.29, 0.717) is 17.2 Å². The summed E-state index contributed by atoms with van der Waals surface area (Å²) in [4.78, 5) is 0. The van der Waals surface area contributed by atoms with E-state index < -0.39 is 15.6 Å². The molecule has 2 heterocycles. The number of fused-ring (bicyclic) bond motifs is 3. The van der Waals surface area contributed by atoms with Crippen molar-refractivity contribution < 1.29 is 45.0 Å². The topological polar surface area (TPSA) is 93.2 Å². The van der Waals surface area contributed by atoms with Crippen molar-refractivity contribution in [3.63, 3.8) is 0 Å². The van der Waals surface area contributed by atoms with Crippen molar-refractivity contribution in [1.29, 1.82) is 0 Å². The molecule has 0 N–H and O–H groups in total. The number of hydrogen-bond donors (Lipinski definition) is 0. The molecule has 3 aromatic carbocycles. The molecule has 0 bridgehead atoms. The number of methoxy groups -OCH3 is 3. The maximum atomic E-state index is 10.7. The summed E-state index contributed by atoms with van der Waals surface area (Å²) < 4.78 is 80.0. The van der Waals surface area contributed by atoms with Crippen LogP contribution in [0.15, 0.2) is 72.8 Å². The molecule has 210 valence electrons. The van der Waals surface area contributed by atoms with E-state index in [-0.39, 0.29) is 0 Å². The molecule has 5 rings (SSSR count). The van der Waals surface area contributed by atoms with E-state index >= 15 is 0 Å². The first-order valence-electron chi connectivity index (χ1n) is 11.7. The van der Waals surface area contributed by atoms with Crippen molar-refractivity contribution in [2.24, 2.45) is 7.05 Å². The van der Waals surface area contributed by atoms with Gasteiger partial charge in [-0.25, -0.2) is 8.42 Å². The van der Waals surface area contributed by atoms with E-state index in [9.17, 15) is 13.2 Å². The van der Waals surface area contributed by atoms with E-state index in [2.05, 4.69) is 76.9 Å². The molecule has 8 nitrogen and oxygen atoms in total. The fourth-order valence-corrected chi connectivity index (χ4v) is 4.44. The summed E-state index contributed by atoms with van der Waals surface area (Å²) in [5.74, 6) is 1.86. The van der Waals surface area contributed by atoms with Gasteiger partial charge in [-0.1, -0.05) is 36.4 Å². The number of halogens is 3. The second kappa shape index (κ2) is 11.1. The molecule has 0 aliphatic rings. The summed E-state index contributed by atoms with van der Waals surface area (Å²) in [6.45, 7) is 0. The summed E-state index contributed by atoms with van der Waals surface area (Å²) in [7, 11) is 0.897. The van der Waals surface area contributed by atoms with Crippen molar-refractivity contribution in [3.05, 3.63) is 83.6 Å². The Bertz CT molecular complexity index is 1810. The van der Waals surface area contributed by atoms with Crippen LogP contribution in [0.4, 0.5) is 13.2 Å². The number of rotatable bonds is 5. The summed E-state index contributed by atoms with van der Waals surface area (Å²) >= 11 is 0. The second-order valence-corrected chi connectivity index (χ2v) is 9.92. The molecule has 0 atom stereocenters. The van der Waals surface area contributed by atoms with Crippen molar-refractivity contribution >= 4 is 32.6 Å². The first-order valence-corrected chi connectivity index (χ1v) is 13.1. The zero-order chi connectivity index (χ0) is 29.2. The first-order chi connectivity index (χ1) is 18.9. The Labute approximate surface area is 228 Å². The number of benzene rings is 3. The molecule has 0 aliphatic heterocycles. The average molecular weight is 575 g/mol. The van der Waals surface area contributed by atoms with E-state index in [1.54, 1.807) is 21.3 Å². The monoisotopic (exact) mass is 574 g/mol. The fraction of sp³-hybridized carbons (Fsp3) is 0.179. The number of ether oxygens (including phenoxy) is 3. The highest BCUT2D eigenvalue weighted by Gasteiger charge is 2.37. The molecule has 0 saturated carbocycles. The Morgan fingerprint density at radius 2 is 1.40 bits per heavy atom. The standard InChI is InChI=1S/C27H25N2O3.CHF3O3S/c1-28-23(19-10-6-5-7-11-19)17-24-21(20-12-8-9-13-22(20)29(24)28)14-18-15-25(30-2)27(32-4)26(16-18)31-3;2-1(3,4)8(5,6)7/h5-17H,1-4H3;(H,5,6,7)/q+1;/p-1/b21-14-;. The number of aryl methyl sites for hydroxylation is 1. The lowest BCUT2D eigenvalue weighted by Crippen LogP contribution is -2.36. The Balaban J connectivity index is 0.000000406. The summed E-state index contributed by atoms with van der Waals surface area (Å²) in [5.41, 5.74) is -0.0324. The highest BCUT2D eigenvalue weighted by atomic mass is 32.2. The molecule has 5 aromatic rings. The molecule has 0 radical (unpaired) electrons. The van der Waals surface area contributed by atoms with Crippen LogP contribution in [0.25, 0.3) is 33.8 Å². The van der Waals surface area contributed by atoms with Gasteiger partial charge in [-0.3, -0.25) is 0 Å². The van der Waals surface area contributed by atoms with Crippen LogP contribution >= 0.6 is 0 Å². The summed E-state index contributed by atoms with van der Waals surface area (Å²) in [6.07, 6.45) is 2.18. The van der Waals surface area contributed by atoms with Gasteiger partial charge in [0.1, 0.15) is 11.0 Å². The third-order valence-electron chi connectivity index (χ3n) is 6.20. The predicted octanol–water partition coefficient (Wildman–Crippen LogP) is 4.21. The van der Waals surface area contributed by atoms with Crippen LogP contribution in [0, 0.1) is 0 Å². The van der Waals surface area contributed by atoms with Gasteiger partial charge >= 0.3 is 5.51 Å². The van der Waals surface area contributed by atoms with Crippen LogP contribution in [-0.4, -0.2) is 44.3 Å². The van der Waals surface area contributed by atoms with E-state index in [0.717, 1.165) is 27.5 Å². The average Bonchev–Trinajstić information content (AvgIpc) is 3.42.